The van der Waals surface area contributed by atoms with Gasteiger partial charge in [-0.2, -0.15) is 0 Å². The summed E-state index contributed by atoms with van der Waals surface area (Å²) in [6, 6.07) is 0.585. The Bertz CT molecular complexity index is 668. The van der Waals surface area contributed by atoms with Crippen molar-refractivity contribution >= 4 is 16.6 Å². The monoisotopic (exact) mass is 266 g/mol. The normalized spacial score (nSPS) is 13.9. The Kier molecular flexibility index (Phi) is 2.84. The number of aryl methyl sites for hydroxylation is 1. The summed E-state index contributed by atoms with van der Waals surface area (Å²) in [5.74, 6) is -3.05. The van der Waals surface area contributed by atoms with Gasteiger partial charge >= 0.3 is 0 Å². The van der Waals surface area contributed by atoms with Crippen molar-refractivity contribution in [2.45, 2.75) is 26.2 Å². The third kappa shape index (κ3) is 1.76. The predicted molar refractivity (Wildman–Crippen MR) is 67.8 cm³/mol. The average Bonchev–Trinajstić information content (AvgIpc) is 2.84. The van der Waals surface area contributed by atoms with E-state index in [2.05, 4.69) is 10.3 Å². The van der Waals surface area contributed by atoms with E-state index in [4.69, 9.17) is 0 Å². The van der Waals surface area contributed by atoms with E-state index in [0.29, 0.717) is 18.3 Å². The second kappa shape index (κ2) is 4.40. The lowest BCUT2D eigenvalue weighted by Gasteiger charge is -2.14. The van der Waals surface area contributed by atoms with Crippen LogP contribution in [0.25, 0.3) is 10.9 Å². The third-order valence-electron chi connectivity index (χ3n) is 3.49. The fraction of sp³-hybridized carbons (Fsp3) is 0.357. The number of hydrogen-bond donors (Lipinski definition) is 1. The Morgan fingerprint density at radius 2 is 2.00 bits per heavy atom. The van der Waals surface area contributed by atoms with Crippen molar-refractivity contribution in [3.8, 4) is 0 Å². The van der Waals surface area contributed by atoms with E-state index >= 15 is 0 Å². The molecule has 0 spiro atoms. The quantitative estimate of drug-likeness (QED) is 0.840. The van der Waals surface area contributed by atoms with E-state index in [0.717, 1.165) is 30.5 Å². The Morgan fingerprint density at radius 1 is 1.21 bits per heavy atom. The standard InChI is InChI=1S/C14H13F3N2/c1-2-18-13-7-4-3-5-10(7)19-14-11(13)8(15)6-9(16)12(14)17/h6H,2-5H2,1H3,(H,18,19). The Morgan fingerprint density at radius 3 is 2.74 bits per heavy atom. The van der Waals surface area contributed by atoms with Crippen LogP contribution in [0.5, 0.6) is 0 Å². The number of pyridine rings is 1. The molecule has 1 N–H and O–H groups in total. The number of rotatable bonds is 2. The fourth-order valence-corrected chi connectivity index (χ4v) is 2.70. The average molecular weight is 266 g/mol. The molecular formula is C14H13F3N2. The lowest BCUT2D eigenvalue weighted by molar-refractivity contribution is 0.504. The van der Waals surface area contributed by atoms with Crippen molar-refractivity contribution in [3.63, 3.8) is 0 Å². The van der Waals surface area contributed by atoms with Crippen LogP contribution in [-0.2, 0) is 12.8 Å². The molecule has 19 heavy (non-hydrogen) atoms. The summed E-state index contributed by atoms with van der Waals surface area (Å²) in [5.41, 5.74) is 2.03. The summed E-state index contributed by atoms with van der Waals surface area (Å²) in [7, 11) is 0. The molecule has 3 rings (SSSR count). The van der Waals surface area contributed by atoms with E-state index < -0.39 is 17.5 Å². The van der Waals surface area contributed by atoms with Gasteiger partial charge in [-0.3, -0.25) is 0 Å². The zero-order chi connectivity index (χ0) is 13.6. The Balaban J connectivity index is 2.44. The summed E-state index contributed by atoms with van der Waals surface area (Å²) in [4.78, 5) is 4.12. The number of halogens is 3. The van der Waals surface area contributed by atoms with Crippen LogP contribution in [0.3, 0.4) is 0 Å². The van der Waals surface area contributed by atoms with Crippen LogP contribution in [0.15, 0.2) is 6.07 Å². The Hall–Kier alpha value is -1.78. The number of nitrogens with zero attached hydrogens (tertiary/aromatic N) is 1. The molecule has 5 heteroatoms. The van der Waals surface area contributed by atoms with E-state index in [1.165, 1.54) is 0 Å². The van der Waals surface area contributed by atoms with Crippen LogP contribution < -0.4 is 5.32 Å². The summed E-state index contributed by atoms with van der Waals surface area (Å²) in [5, 5.41) is 3.13. The first kappa shape index (κ1) is 12.3. The molecule has 0 saturated heterocycles. The zero-order valence-corrected chi connectivity index (χ0v) is 10.5. The molecule has 1 aromatic carbocycles. The molecule has 0 aliphatic heterocycles. The predicted octanol–water partition coefficient (Wildman–Crippen LogP) is 3.57. The summed E-state index contributed by atoms with van der Waals surface area (Å²) < 4.78 is 41.1. The van der Waals surface area contributed by atoms with Crippen LogP contribution in [0, 0.1) is 17.5 Å². The molecule has 100 valence electrons. The van der Waals surface area contributed by atoms with Gasteiger partial charge < -0.3 is 5.32 Å². The van der Waals surface area contributed by atoms with Crippen molar-refractivity contribution in [2.24, 2.45) is 0 Å². The number of anilines is 1. The fourth-order valence-electron chi connectivity index (χ4n) is 2.70. The smallest absolute Gasteiger partial charge is 0.185 e. The molecule has 2 aromatic rings. The van der Waals surface area contributed by atoms with Gasteiger partial charge in [-0.05, 0) is 31.7 Å². The largest absolute Gasteiger partial charge is 0.384 e. The van der Waals surface area contributed by atoms with Crippen LogP contribution in [0.2, 0.25) is 0 Å². The molecule has 1 heterocycles. The van der Waals surface area contributed by atoms with Gasteiger partial charge in [0.15, 0.2) is 11.6 Å². The highest BCUT2D eigenvalue weighted by atomic mass is 19.2. The maximum atomic E-state index is 14.0. The van der Waals surface area contributed by atoms with Crippen molar-refractivity contribution in [2.75, 3.05) is 11.9 Å². The van der Waals surface area contributed by atoms with Gasteiger partial charge in [0.1, 0.15) is 11.3 Å². The van der Waals surface area contributed by atoms with E-state index in [-0.39, 0.29) is 10.9 Å². The SMILES string of the molecule is CCNc1c2c(nc3c(F)c(F)cc(F)c13)CCC2. The first-order chi connectivity index (χ1) is 9.13. The molecule has 0 atom stereocenters. The van der Waals surface area contributed by atoms with Gasteiger partial charge in [-0.1, -0.05) is 0 Å². The van der Waals surface area contributed by atoms with Crippen LogP contribution in [0.1, 0.15) is 24.6 Å². The van der Waals surface area contributed by atoms with Crippen molar-refractivity contribution < 1.29 is 13.2 Å². The minimum atomic E-state index is -1.20. The topological polar surface area (TPSA) is 24.9 Å². The van der Waals surface area contributed by atoms with Gasteiger partial charge in [0.25, 0.3) is 0 Å². The molecule has 0 amide bonds. The zero-order valence-electron chi connectivity index (χ0n) is 10.5. The minimum absolute atomic E-state index is 0.0569. The lowest BCUT2D eigenvalue weighted by atomic mass is 10.1. The van der Waals surface area contributed by atoms with Gasteiger partial charge in [-0.25, -0.2) is 18.2 Å². The third-order valence-corrected chi connectivity index (χ3v) is 3.49. The molecular weight excluding hydrogens is 253 g/mol. The van der Waals surface area contributed by atoms with Gasteiger partial charge in [0, 0.05) is 18.3 Å². The molecule has 1 aliphatic carbocycles. The highest BCUT2D eigenvalue weighted by molar-refractivity contribution is 5.94. The summed E-state index contributed by atoms with van der Waals surface area (Å²) in [6.45, 7) is 2.47. The second-order valence-electron chi connectivity index (χ2n) is 4.67. The molecule has 1 aliphatic rings. The highest BCUT2D eigenvalue weighted by Gasteiger charge is 2.24. The second-order valence-corrected chi connectivity index (χ2v) is 4.67. The molecule has 0 fully saturated rings. The highest BCUT2D eigenvalue weighted by Crippen LogP contribution is 2.36. The van der Waals surface area contributed by atoms with Crippen LogP contribution in [-0.4, -0.2) is 11.5 Å². The minimum Gasteiger partial charge on any atom is -0.384 e. The van der Waals surface area contributed by atoms with Gasteiger partial charge in [-0.15, -0.1) is 0 Å². The van der Waals surface area contributed by atoms with Crippen LogP contribution in [0.4, 0.5) is 18.9 Å². The van der Waals surface area contributed by atoms with Gasteiger partial charge in [0.2, 0.25) is 0 Å². The van der Waals surface area contributed by atoms with Crippen molar-refractivity contribution in [1.29, 1.82) is 0 Å². The lowest BCUT2D eigenvalue weighted by Crippen LogP contribution is -2.06. The molecule has 1 aromatic heterocycles. The number of fused-ring (bicyclic) bond motifs is 2. The first-order valence-electron chi connectivity index (χ1n) is 6.36. The van der Waals surface area contributed by atoms with Crippen molar-refractivity contribution in [3.05, 3.63) is 34.8 Å². The van der Waals surface area contributed by atoms with Crippen LogP contribution >= 0.6 is 0 Å². The van der Waals surface area contributed by atoms with E-state index in [1.807, 2.05) is 6.92 Å². The van der Waals surface area contributed by atoms with E-state index in [1.54, 1.807) is 0 Å². The molecule has 0 bridgehead atoms. The number of benzene rings is 1. The summed E-state index contributed by atoms with van der Waals surface area (Å²) >= 11 is 0. The maximum Gasteiger partial charge on any atom is 0.185 e. The van der Waals surface area contributed by atoms with Gasteiger partial charge in [0.05, 0.1) is 11.1 Å². The molecule has 2 nitrogen and oxygen atoms in total. The number of nitrogens with one attached hydrogen (secondary N) is 1. The summed E-state index contributed by atoms with van der Waals surface area (Å²) in [6.07, 6.45) is 2.42. The first-order valence-corrected chi connectivity index (χ1v) is 6.36. The number of hydrogen-bond acceptors (Lipinski definition) is 2. The Labute approximate surface area is 108 Å². The molecule has 0 unspecified atom stereocenters. The molecule has 0 saturated carbocycles. The number of aromatic nitrogens is 1. The molecule has 0 radical (unpaired) electrons. The van der Waals surface area contributed by atoms with E-state index in [9.17, 15) is 13.2 Å². The van der Waals surface area contributed by atoms with Crippen molar-refractivity contribution in [1.82, 2.24) is 4.98 Å². The maximum absolute atomic E-state index is 14.0.